The fourth-order valence-corrected chi connectivity index (χ4v) is 6.29. The van der Waals surface area contributed by atoms with Gasteiger partial charge in [0.05, 0.1) is 0 Å². The first kappa shape index (κ1) is 25.1. The number of piperidine rings is 1. The van der Waals surface area contributed by atoms with Gasteiger partial charge in [-0.25, -0.2) is 0 Å². The van der Waals surface area contributed by atoms with Crippen molar-refractivity contribution in [3.8, 4) is 5.75 Å². The monoisotopic (exact) mass is 455 g/mol. The molecule has 0 aromatic heterocycles. The molecule has 1 saturated heterocycles. The standard InChI is InChI=1S/C28H42NO2P/c1-8-28(6,32-25-15-11-10-14-24(25)29-16-12-9-13-17-29)23-19-21(2)18-22(27(3,4)5)26(23)31-20-30-7/h10-11,14-15,18-19,32H,8-9,12-13,16-17,20H2,1-7H3. The first-order chi connectivity index (χ1) is 15.2. The zero-order chi connectivity index (χ0) is 23.4. The van der Waals surface area contributed by atoms with Crippen molar-refractivity contribution < 1.29 is 9.47 Å². The Kier molecular flexibility index (Phi) is 8.28. The highest BCUT2D eigenvalue weighted by molar-refractivity contribution is 7.49. The van der Waals surface area contributed by atoms with Gasteiger partial charge < -0.3 is 14.4 Å². The summed E-state index contributed by atoms with van der Waals surface area (Å²) in [4.78, 5) is 2.60. The predicted molar refractivity (Wildman–Crippen MR) is 140 cm³/mol. The molecule has 1 fully saturated rings. The summed E-state index contributed by atoms with van der Waals surface area (Å²) in [6.45, 7) is 16.4. The fourth-order valence-electron chi connectivity index (χ4n) is 4.65. The van der Waals surface area contributed by atoms with Crippen LogP contribution < -0.4 is 14.9 Å². The predicted octanol–water partition coefficient (Wildman–Crippen LogP) is 6.89. The van der Waals surface area contributed by atoms with E-state index in [1.54, 1.807) is 7.11 Å². The van der Waals surface area contributed by atoms with Gasteiger partial charge in [-0.1, -0.05) is 79.1 Å². The molecule has 0 bridgehead atoms. The molecular formula is C28H42NO2P. The number of hydrogen-bond donors (Lipinski definition) is 0. The summed E-state index contributed by atoms with van der Waals surface area (Å²) in [5, 5.41) is 1.45. The lowest BCUT2D eigenvalue weighted by atomic mass is 9.81. The molecule has 2 unspecified atom stereocenters. The molecule has 3 nitrogen and oxygen atoms in total. The molecule has 0 spiro atoms. The normalized spacial score (nSPS) is 17.0. The van der Waals surface area contributed by atoms with E-state index in [0.717, 1.165) is 12.2 Å². The second-order valence-corrected chi connectivity index (χ2v) is 12.3. The maximum atomic E-state index is 6.30. The van der Waals surface area contributed by atoms with Crippen molar-refractivity contribution >= 4 is 19.6 Å². The quantitative estimate of drug-likeness (QED) is 0.319. The number of rotatable bonds is 8. The first-order valence-electron chi connectivity index (χ1n) is 12.1. The van der Waals surface area contributed by atoms with Gasteiger partial charge in [-0.15, -0.1) is 0 Å². The Bertz CT molecular complexity index is 899. The summed E-state index contributed by atoms with van der Waals surface area (Å²) in [5.74, 6) is 1.01. The number of nitrogens with zero attached hydrogens (tertiary/aromatic N) is 1. The highest BCUT2D eigenvalue weighted by Gasteiger charge is 2.33. The van der Waals surface area contributed by atoms with E-state index in [-0.39, 0.29) is 17.4 Å². The van der Waals surface area contributed by atoms with Crippen LogP contribution in [0.2, 0.25) is 0 Å². The number of anilines is 1. The smallest absolute Gasteiger partial charge is 0.188 e. The summed E-state index contributed by atoms with van der Waals surface area (Å²) in [7, 11) is 2.36. The van der Waals surface area contributed by atoms with E-state index >= 15 is 0 Å². The fraction of sp³-hybridized carbons (Fsp3) is 0.571. The largest absolute Gasteiger partial charge is 0.467 e. The Hall–Kier alpha value is -1.57. The third-order valence-electron chi connectivity index (χ3n) is 6.68. The number of para-hydroxylation sites is 1. The zero-order valence-electron chi connectivity index (χ0n) is 21.2. The van der Waals surface area contributed by atoms with Crippen molar-refractivity contribution in [3.63, 3.8) is 0 Å². The van der Waals surface area contributed by atoms with Crippen LogP contribution in [0.4, 0.5) is 5.69 Å². The van der Waals surface area contributed by atoms with Crippen LogP contribution >= 0.6 is 8.58 Å². The Morgan fingerprint density at radius 3 is 2.25 bits per heavy atom. The maximum Gasteiger partial charge on any atom is 0.188 e. The van der Waals surface area contributed by atoms with Crippen molar-refractivity contribution in [2.75, 3.05) is 31.9 Å². The molecule has 0 radical (unpaired) electrons. The molecular weight excluding hydrogens is 413 g/mol. The second kappa shape index (κ2) is 10.6. The summed E-state index contributed by atoms with van der Waals surface area (Å²) in [6, 6.07) is 13.7. The number of ether oxygens (including phenoxy) is 2. The minimum absolute atomic E-state index is 0.00663. The van der Waals surface area contributed by atoms with E-state index in [1.165, 1.54) is 60.0 Å². The Balaban J connectivity index is 2.08. The van der Waals surface area contributed by atoms with Crippen LogP contribution in [0, 0.1) is 6.92 Å². The average Bonchev–Trinajstić information content (AvgIpc) is 2.78. The van der Waals surface area contributed by atoms with Gasteiger partial charge in [0, 0.05) is 42.2 Å². The highest BCUT2D eigenvalue weighted by atomic mass is 31.1. The van der Waals surface area contributed by atoms with E-state index in [4.69, 9.17) is 9.47 Å². The van der Waals surface area contributed by atoms with E-state index < -0.39 is 0 Å². The molecule has 32 heavy (non-hydrogen) atoms. The van der Waals surface area contributed by atoms with Gasteiger partial charge in [0.1, 0.15) is 5.75 Å². The maximum absolute atomic E-state index is 6.30. The SMILES string of the molecule is CCC(C)(Pc1ccccc1N1CCCCC1)c1cc(C)cc(C(C)(C)C)c1OCOC. The van der Waals surface area contributed by atoms with Crippen molar-refractivity contribution in [3.05, 3.63) is 53.1 Å². The average molecular weight is 456 g/mol. The van der Waals surface area contributed by atoms with Gasteiger partial charge in [0.15, 0.2) is 6.79 Å². The van der Waals surface area contributed by atoms with Gasteiger partial charge in [0.25, 0.3) is 0 Å². The van der Waals surface area contributed by atoms with Crippen LogP contribution in [0.15, 0.2) is 36.4 Å². The molecule has 0 amide bonds. The summed E-state index contributed by atoms with van der Waals surface area (Å²) in [6.07, 6.45) is 5.00. The Morgan fingerprint density at radius 2 is 1.62 bits per heavy atom. The number of hydrogen-bond acceptors (Lipinski definition) is 3. The van der Waals surface area contributed by atoms with E-state index in [1.807, 2.05) is 0 Å². The molecule has 2 aromatic carbocycles. The second-order valence-electron chi connectivity index (χ2n) is 10.4. The molecule has 0 aliphatic carbocycles. The first-order valence-corrected chi connectivity index (χ1v) is 13.1. The summed E-state index contributed by atoms with van der Waals surface area (Å²) < 4.78 is 11.6. The summed E-state index contributed by atoms with van der Waals surface area (Å²) >= 11 is 0. The van der Waals surface area contributed by atoms with Crippen LogP contribution in [0.3, 0.4) is 0 Å². The lowest BCUT2D eigenvalue weighted by Crippen LogP contribution is -2.33. The number of methoxy groups -OCH3 is 1. The van der Waals surface area contributed by atoms with Crippen molar-refractivity contribution in [2.45, 2.75) is 77.8 Å². The van der Waals surface area contributed by atoms with E-state index in [2.05, 4.69) is 82.8 Å². The van der Waals surface area contributed by atoms with Crippen LogP contribution in [-0.2, 0) is 15.3 Å². The van der Waals surface area contributed by atoms with Crippen LogP contribution in [0.1, 0.15) is 77.0 Å². The molecule has 2 aromatic rings. The zero-order valence-corrected chi connectivity index (χ0v) is 22.2. The van der Waals surface area contributed by atoms with E-state index in [9.17, 15) is 0 Å². The van der Waals surface area contributed by atoms with Crippen molar-refractivity contribution in [1.29, 1.82) is 0 Å². The van der Waals surface area contributed by atoms with Crippen LogP contribution in [-0.4, -0.2) is 27.0 Å². The third-order valence-corrected chi connectivity index (χ3v) is 8.54. The molecule has 2 atom stereocenters. The number of aryl methyl sites for hydroxylation is 1. The van der Waals surface area contributed by atoms with Crippen molar-refractivity contribution in [2.24, 2.45) is 0 Å². The van der Waals surface area contributed by atoms with Crippen molar-refractivity contribution in [1.82, 2.24) is 0 Å². The Morgan fingerprint density at radius 1 is 0.969 bits per heavy atom. The minimum atomic E-state index is -0.0129. The molecule has 0 N–H and O–H groups in total. The lowest BCUT2D eigenvalue weighted by Gasteiger charge is -2.36. The van der Waals surface area contributed by atoms with Gasteiger partial charge in [-0.3, -0.25) is 0 Å². The molecule has 4 heteroatoms. The molecule has 0 saturated carbocycles. The lowest BCUT2D eigenvalue weighted by molar-refractivity contribution is 0.0487. The minimum Gasteiger partial charge on any atom is -0.467 e. The van der Waals surface area contributed by atoms with Gasteiger partial charge >= 0.3 is 0 Å². The van der Waals surface area contributed by atoms with Gasteiger partial charge in [-0.05, 0) is 49.4 Å². The molecule has 1 aliphatic heterocycles. The third kappa shape index (κ3) is 5.67. The number of benzene rings is 2. The summed E-state index contributed by atoms with van der Waals surface area (Å²) in [5.41, 5.74) is 5.29. The molecule has 1 heterocycles. The topological polar surface area (TPSA) is 21.7 Å². The molecule has 1 aliphatic rings. The van der Waals surface area contributed by atoms with Gasteiger partial charge in [-0.2, -0.15) is 0 Å². The van der Waals surface area contributed by atoms with Crippen LogP contribution in [0.25, 0.3) is 0 Å². The molecule has 176 valence electrons. The Labute approximate surface area is 197 Å². The van der Waals surface area contributed by atoms with E-state index in [0.29, 0.717) is 8.58 Å². The highest BCUT2D eigenvalue weighted by Crippen LogP contribution is 2.51. The van der Waals surface area contributed by atoms with Gasteiger partial charge in [0.2, 0.25) is 0 Å². The molecule has 3 rings (SSSR count). The van der Waals surface area contributed by atoms with Crippen LogP contribution in [0.5, 0.6) is 5.75 Å².